The zero-order valence-electron chi connectivity index (χ0n) is 37.8. The lowest BCUT2D eigenvalue weighted by Crippen LogP contribution is -2.61. The van der Waals surface area contributed by atoms with Gasteiger partial charge in [-0.15, -0.1) is 22.7 Å². The van der Waals surface area contributed by atoms with E-state index in [1.54, 1.807) is 46.9 Å². The van der Waals surface area contributed by atoms with Crippen molar-refractivity contribution in [2.45, 2.75) is 109 Å². The zero-order valence-corrected chi connectivity index (χ0v) is 39.4. The average molecular weight is 910 g/mol. The molecule has 338 valence electrons. The van der Waals surface area contributed by atoms with Crippen LogP contribution in [0.25, 0.3) is 49.0 Å². The Morgan fingerprint density at radius 2 is 1.72 bits per heavy atom. The van der Waals surface area contributed by atoms with E-state index in [4.69, 9.17) is 15.1 Å². The Morgan fingerprint density at radius 3 is 2.45 bits per heavy atom. The predicted molar refractivity (Wildman–Crippen MR) is 264 cm³/mol. The van der Waals surface area contributed by atoms with Crippen LogP contribution in [-0.4, -0.2) is 80.6 Å². The summed E-state index contributed by atoms with van der Waals surface area (Å²) in [4.78, 5) is 56.4. The van der Waals surface area contributed by atoms with E-state index in [9.17, 15) is 14.4 Å². The number of amides is 2. The second-order valence-corrected chi connectivity index (χ2v) is 21.0. The number of piperidine rings is 1. The third-order valence-electron chi connectivity index (χ3n) is 14.6. The fourth-order valence-corrected chi connectivity index (χ4v) is 13.1. The van der Waals surface area contributed by atoms with Crippen molar-refractivity contribution in [3.8, 4) is 21.8 Å². The highest BCUT2D eigenvalue weighted by Crippen LogP contribution is 2.51. The fourth-order valence-electron chi connectivity index (χ4n) is 11.1. The van der Waals surface area contributed by atoms with Crippen LogP contribution in [0.5, 0.6) is 0 Å². The van der Waals surface area contributed by atoms with Crippen molar-refractivity contribution in [1.29, 1.82) is 0 Å². The van der Waals surface area contributed by atoms with Crippen molar-refractivity contribution in [3.05, 3.63) is 87.4 Å². The number of benzene rings is 2. The number of carboxylic acids is 1. The molecular weight excluding hydrogens is 851 g/mol. The molecule has 2 aliphatic carbocycles. The van der Waals surface area contributed by atoms with Crippen molar-refractivity contribution in [2.75, 3.05) is 42.9 Å². The van der Waals surface area contributed by atoms with E-state index in [1.165, 1.54) is 83.9 Å². The maximum absolute atomic E-state index is 14.4. The van der Waals surface area contributed by atoms with Gasteiger partial charge in [0, 0.05) is 48.9 Å². The number of aliphatic carboxylic acids is 1. The van der Waals surface area contributed by atoms with E-state index in [1.807, 2.05) is 0 Å². The summed E-state index contributed by atoms with van der Waals surface area (Å²) in [6.45, 7) is 12.5. The number of thiophene rings is 1. The number of nitrogens with one attached hydrogen (secondary N) is 2. The van der Waals surface area contributed by atoms with E-state index < -0.39 is 11.5 Å². The molecule has 4 aromatic heterocycles. The monoisotopic (exact) mass is 909 g/mol. The van der Waals surface area contributed by atoms with Crippen molar-refractivity contribution < 1.29 is 19.5 Å². The van der Waals surface area contributed by atoms with Crippen LogP contribution in [0.3, 0.4) is 0 Å². The first-order valence-electron chi connectivity index (χ1n) is 23.7. The van der Waals surface area contributed by atoms with E-state index in [2.05, 4.69) is 76.1 Å². The lowest BCUT2D eigenvalue weighted by molar-refractivity contribution is -0.131. The number of likely N-dealkylation sites (tertiary alicyclic amines) is 1. The largest absolute Gasteiger partial charge is 0.478 e. The summed E-state index contributed by atoms with van der Waals surface area (Å²) in [5.74, 6) is -0.395. The first kappa shape index (κ1) is 43.5. The summed E-state index contributed by atoms with van der Waals surface area (Å²) in [6.07, 6.45) is 14.2. The van der Waals surface area contributed by atoms with Crippen LogP contribution < -0.4 is 15.5 Å². The number of pyridine rings is 1. The first-order valence-corrected chi connectivity index (χ1v) is 25.4. The summed E-state index contributed by atoms with van der Waals surface area (Å²) >= 11 is 3.30. The van der Waals surface area contributed by atoms with Crippen molar-refractivity contribution in [2.24, 2.45) is 5.92 Å². The first-order chi connectivity index (χ1) is 31.6. The van der Waals surface area contributed by atoms with Gasteiger partial charge in [-0.25, -0.2) is 14.8 Å². The average Bonchev–Trinajstić information content (AvgIpc) is 3.94. The molecule has 2 amide bonds. The number of hydrogen-bond acceptors (Lipinski definition) is 9. The molecule has 13 heteroatoms. The molecule has 4 aliphatic rings. The number of rotatable bonds is 12. The van der Waals surface area contributed by atoms with Gasteiger partial charge in [0.05, 0.1) is 53.3 Å². The number of thiazole rings is 1. The van der Waals surface area contributed by atoms with Crippen LogP contribution in [0.1, 0.15) is 115 Å². The van der Waals surface area contributed by atoms with Gasteiger partial charge in [-0.3, -0.25) is 9.59 Å². The van der Waals surface area contributed by atoms with Gasteiger partial charge in [0.25, 0.3) is 5.91 Å². The third kappa shape index (κ3) is 8.51. The number of hydrogen-bond donors (Lipinski definition) is 3. The Kier molecular flexibility index (Phi) is 12.1. The summed E-state index contributed by atoms with van der Waals surface area (Å²) in [5, 5.41) is 17.5. The van der Waals surface area contributed by atoms with Gasteiger partial charge in [0.15, 0.2) is 0 Å². The Morgan fingerprint density at radius 1 is 0.908 bits per heavy atom. The minimum atomic E-state index is -1.02. The second-order valence-electron chi connectivity index (χ2n) is 18.8. The van der Waals surface area contributed by atoms with Crippen LogP contribution in [-0.2, 0) is 16.1 Å². The zero-order chi connectivity index (χ0) is 44.8. The number of carbonyl (C=O) groups is 3. The topological polar surface area (TPSA) is 133 Å². The van der Waals surface area contributed by atoms with E-state index in [0.29, 0.717) is 40.8 Å². The molecule has 6 aromatic rings. The van der Waals surface area contributed by atoms with Gasteiger partial charge < -0.3 is 30.1 Å². The molecule has 1 unspecified atom stereocenters. The molecule has 6 heterocycles. The number of aromatic nitrogens is 3. The van der Waals surface area contributed by atoms with Crippen molar-refractivity contribution >= 4 is 79.0 Å². The van der Waals surface area contributed by atoms with Crippen molar-refractivity contribution in [3.63, 3.8) is 0 Å². The molecule has 65 heavy (non-hydrogen) atoms. The molecule has 2 aliphatic heterocycles. The fraction of sp³-hybridized carbons (Fsp3) is 0.442. The van der Waals surface area contributed by atoms with Gasteiger partial charge in [-0.2, -0.15) is 0 Å². The Bertz CT molecular complexity index is 2810. The maximum Gasteiger partial charge on any atom is 0.328 e. The highest BCUT2D eigenvalue weighted by molar-refractivity contribution is 7.21. The predicted octanol–water partition coefficient (Wildman–Crippen LogP) is 11.0. The van der Waals surface area contributed by atoms with Crippen LogP contribution in [0, 0.1) is 19.8 Å². The molecule has 1 saturated heterocycles. The number of fused-ring (bicyclic) bond motifs is 7. The molecular formula is C52H59N7O4S2. The van der Waals surface area contributed by atoms with Gasteiger partial charge in [-0.1, -0.05) is 38.3 Å². The Labute approximate surface area is 389 Å². The molecule has 3 fully saturated rings. The SMILES string of the molecule is CCN1CCCC(CCN2CCn3c(c(C4CCCCC4)c4sc(C(=O)NC5(C(=O)Nc6ccc(/C=C/C(=O)O)cc6)CCC5)cc43)-c3ccc4nc(-c5sc(C)nc5C)ccc4c32)C1. The minimum Gasteiger partial charge on any atom is -0.478 e. The molecule has 10 rings (SSSR count). The number of nitrogens with zero attached hydrogens (tertiary/aromatic N) is 5. The molecule has 2 aromatic carbocycles. The highest BCUT2D eigenvalue weighted by atomic mass is 32.1. The number of aryl methyl sites for hydroxylation is 2. The summed E-state index contributed by atoms with van der Waals surface area (Å²) in [5.41, 5.74) is 9.66. The summed E-state index contributed by atoms with van der Waals surface area (Å²) < 4.78 is 3.73. The molecule has 0 bridgehead atoms. The van der Waals surface area contributed by atoms with Crippen LogP contribution in [0.15, 0.2) is 60.7 Å². The lowest BCUT2D eigenvalue weighted by atomic mass is 9.75. The number of anilines is 2. The highest BCUT2D eigenvalue weighted by Gasteiger charge is 2.46. The molecule has 3 N–H and O–H groups in total. The van der Waals surface area contributed by atoms with E-state index in [0.717, 1.165) is 90.2 Å². The van der Waals surface area contributed by atoms with Crippen LogP contribution >= 0.6 is 22.7 Å². The summed E-state index contributed by atoms with van der Waals surface area (Å²) in [7, 11) is 0. The molecule has 0 spiro atoms. The number of carbonyl (C=O) groups excluding carboxylic acids is 2. The summed E-state index contributed by atoms with van der Waals surface area (Å²) in [6, 6.07) is 18.2. The van der Waals surface area contributed by atoms with E-state index in [-0.39, 0.29) is 11.8 Å². The minimum absolute atomic E-state index is 0.206. The molecule has 1 atom stereocenters. The van der Waals surface area contributed by atoms with Crippen molar-refractivity contribution in [1.82, 2.24) is 24.8 Å². The van der Waals surface area contributed by atoms with Crippen LogP contribution in [0.4, 0.5) is 11.4 Å². The smallest absolute Gasteiger partial charge is 0.328 e. The van der Waals surface area contributed by atoms with E-state index >= 15 is 0 Å². The van der Waals surface area contributed by atoms with Gasteiger partial charge in [-0.05, 0) is 150 Å². The Hall–Kier alpha value is -5.37. The third-order valence-corrected chi connectivity index (χ3v) is 16.8. The standard InChI is InChI=1S/C52H59N7O4S2/c1-4-57-26-8-10-35(31-57)23-27-58-28-29-59-42-30-43(50(62)56-52(24-9-25-52)51(63)54-37-16-13-34(14-17-37)15-22-44(60)61)65-49(42)45(36-11-6-5-7-12-36)47(59)39-19-20-40-38(46(39)58)18-21-41(55-40)48-32(2)53-33(3)64-48/h13-22,30,35-36H,4-12,23-29,31H2,1-3H3,(H,54,63)(H,56,62)(H,60,61)/b22-15+. The van der Waals surface area contributed by atoms with Crippen LogP contribution in [0.2, 0.25) is 0 Å². The molecule has 11 nitrogen and oxygen atoms in total. The second kappa shape index (κ2) is 18.1. The maximum atomic E-state index is 14.4. The van der Waals surface area contributed by atoms with Gasteiger partial charge in [0.1, 0.15) is 5.54 Å². The lowest BCUT2D eigenvalue weighted by Gasteiger charge is -2.40. The number of carboxylic acid groups (broad SMARTS) is 1. The quantitative estimate of drug-likeness (QED) is 0.103. The van der Waals surface area contributed by atoms with Gasteiger partial charge in [0.2, 0.25) is 5.91 Å². The molecule has 0 radical (unpaired) electrons. The normalized spacial score (nSPS) is 18.9. The Balaban J connectivity index is 1.01. The van der Waals surface area contributed by atoms with Gasteiger partial charge >= 0.3 is 5.97 Å². The molecule has 2 saturated carbocycles.